The Labute approximate surface area is 155 Å². The van der Waals surface area contributed by atoms with Crippen LogP contribution in [0.4, 0.5) is 10.8 Å². The summed E-state index contributed by atoms with van der Waals surface area (Å²) in [5, 5.41) is 10.3. The molecule has 0 saturated heterocycles. The summed E-state index contributed by atoms with van der Waals surface area (Å²) in [7, 11) is 1.87. The highest BCUT2D eigenvalue weighted by Gasteiger charge is 2.20. The molecule has 0 spiro atoms. The average Bonchev–Trinajstić information content (AvgIpc) is 3.32. The number of nitrogens with zero attached hydrogens (tertiary/aromatic N) is 4. The van der Waals surface area contributed by atoms with E-state index in [0.717, 1.165) is 36.0 Å². The molecule has 3 aromatic rings. The van der Waals surface area contributed by atoms with Gasteiger partial charge in [0, 0.05) is 37.4 Å². The van der Waals surface area contributed by atoms with E-state index < -0.39 is 0 Å². The Hall–Kier alpha value is -2.93. The molecule has 1 amide bonds. The summed E-state index contributed by atoms with van der Waals surface area (Å²) in [5.41, 5.74) is 3.31. The van der Waals surface area contributed by atoms with Gasteiger partial charge in [-0.05, 0) is 30.2 Å². The molecule has 0 atom stereocenters. The van der Waals surface area contributed by atoms with Crippen molar-refractivity contribution in [2.45, 2.75) is 6.42 Å². The van der Waals surface area contributed by atoms with Gasteiger partial charge in [0.2, 0.25) is 0 Å². The van der Waals surface area contributed by atoms with E-state index in [1.54, 1.807) is 16.0 Å². The lowest BCUT2D eigenvalue weighted by Crippen LogP contribution is -2.29. The maximum Gasteiger partial charge on any atom is 0.276 e. The number of nitrogens with one attached hydrogen (secondary N) is 1. The number of hydrogen-bond acceptors (Lipinski definition) is 5. The zero-order chi connectivity index (χ0) is 17.9. The standard InChI is InChI=1S/C19H19N5OS/c1-23-17(14-6-5-10-24(13-14)19-20-9-11-26-19)12-16(22-23)18(25)21-15-7-3-2-4-8-15/h2-4,6-9,11-12H,5,10,13H2,1H3,(H,21,25). The molecule has 6 nitrogen and oxygen atoms in total. The Morgan fingerprint density at radius 2 is 2.12 bits per heavy atom. The van der Waals surface area contributed by atoms with Crippen LogP contribution in [-0.2, 0) is 7.05 Å². The number of aryl methyl sites for hydroxylation is 1. The van der Waals surface area contributed by atoms with Gasteiger partial charge < -0.3 is 10.2 Å². The van der Waals surface area contributed by atoms with Crippen LogP contribution in [0.25, 0.3) is 5.57 Å². The molecule has 26 heavy (non-hydrogen) atoms. The van der Waals surface area contributed by atoms with E-state index in [0.29, 0.717) is 5.69 Å². The minimum absolute atomic E-state index is 0.203. The SMILES string of the molecule is Cn1nc(C(=O)Nc2ccccc2)cc1C1=CCCN(c2nccs2)C1. The molecule has 0 fully saturated rings. The lowest BCUT2D eigenvalue weighted by molar-refractivity contribution is 0.102. The molecule has 0 bridgehead atoms. The Bertz CT molecular complexity index is 930. The summed E-state index contributed by atoms with van der Waals surface area (Å²) in [5.74, 6) is -0.203. The van der Waals surface area contributed by atoms with Crippen LogP contribution in [0.5, 0.6) is 0 Å². The summed E-state index contributed by atoms with van der Waals surface area (Å²) >= 11 is 1.64. The Morgan fingerprint density at radius 1 is 1.27 bits per heavy atom. The lowest BCUT2D eigenvalue weighted by atomic mass is 10.1. The van der Waals surface area contributed by atoms with Crippen molar-refractivity contribution < 1.29 is 4.79 Å². The number of para-hydroxylation sites is 1. The van der Waals surface area contributed by atoms with Gasteiger partial charge >= 0.3 is 0 Å². The molecule has 2 aromatic heterocycles. The number of aromatic nitrogens is 3. The minimum Gasteiger partial charge on any atom is -0.343 e. The normalized spacial score (nSPS) is 14.2. The van der Waals surface area contributed by atoms with Gasteiger partial charge in [-0.1, -0.05) is 24.3 Å². The fraction of sp³-hybridized carbons (Fsp3) is 0.211. The Balaban J connectivity index is 1.53. The van der Waals surface area contributed by atoms with Crippen molar-refractivity contribution in [3.8, 4) is 0 Å². The summed E-state index contributed by atoms with van der Waals surface area (Å²) in [6.07, 6.45) is 5.00. The number of thiazole rings is 1. The van der Waals surface area contributed by atoms with Crippen molar-refractivity contribution in [3.05, 3.63) is 65.4 Å². The van der Waals surface area contributed by atoms with Crippen LogP contribution in [-0.4, -0.2) is 33.8 Å². The van der Waals surface area contributed by atoms with E-state index in [-0.39, 0.29) is 5.91 Å². The molecular weight excluding hydrogens is 346 g/mol. The number of carbonyl (C=O) groups excluding carboxylic acids is 1. The summed E-state index contributed by atoms with van der Waals surface area (Å²) in [6.45, 7) is 1.73. The van der Waals surface area contributed by atoms with E-state index in [1.165, 1.54) is 5.57 Å². The maximum atomic E-state index is 12.5. The van der Waals surface area contributed by atoms with Crippen LogP contribution in [0.2, 0.25) is 0 Å². The first-order chi connectivity index (χ1) is 12.7. The van der Waals surface area contributed by atoms with Crippen molar-refractivity contribution in [1.82, 2.24) is 14.8 Å². The fourth-order valence-corrected chi connectivity index (χ4v) is 3.73. The van der Waals surface area contributed by atoms with Crippen molar-refractivity contribution in [2.24, 2.45) is 7.05 Å². The number of carbonyl (C=O) groups is 1. The van der Waals surface area contributed by atoms with Crippen LogP contribution in [0.3, 0.4) is 0 Å². The number of hydrogen-bond donors (Lipinski definition) is 1. The zero-order valence-electron chi connectivity index (χ0n) is 14.4. The largest absolute Gasteiger partial charge is 0.343 e. The summed E-state index contributed by atoms with van der Waals surface area (Å²) in [4.78, 5) is 19.2. The first-order valence-electron chi connectivity index (χ1n) is 8.45. The lowest BCUT2D eigenvalue weighted by Gasteiger charge is -2.26. The monoisotopic (exact) mass is 365 g/mol. The molecule has 1 aliphatic rings. The highest BCUT2D eigenvalue weighted by Crippen LogP contribution is 2.27. The van der Waals surface area contributed by atoms with Gasteiger partial charge in [0.05, 0.1) is 5.69 Å². The molecule has 7 heteroatoms. The third kappa shape index (κ3) is 3.39. The van der Waals surface area contributed by atoms with Crippen molar-refractivity contribution >= 4 is 33.6 Å². The molecule has 0 aliphatic carbocycles. The van der Waals surface area contributed by atoms with Crippen LogP contribution in [0, 0.1) is 0 Å². The van der Waals surface area contributed by atoms with Crippen LogP contribution in [0.15, 0.2) is 54.1 Å². The van der Waals surface area contributed by atoms with E-state index in [1.807, 2.05) is 55.0 Å². The Kier molecular flexibility index (Phi) is 4.53. The van der Waals surface area contributed by atoms with Gasteiger partial charge in [-0.15, -0.1) is 11.3 Å². The second kappa shape index (κ2) is 7.13. The average molecular weight is 365 g/mol. The zero-order valence-corrected chi connectivity index (χ0v) is 15.2. The molecular formula is C19H19N5OS. The van der Waals surface area contributed by atoms with Gasteiger partial charge in [0.15, 0.2) is 10.8 Å². The molecule has 0 radical (unpaired) electrons. The molecule has 0 saturated carbocycles. The Morgan fingerprint density at radius 3 is 2.88 bits per heavy atom. The number of amides is 1. The predicted octanol–water partition coefficient (Wildman–Crippen LogP) is 3.42. The molecule has 1 N–H and O–H groups in total. The van der Waals surface area contributed by atoms with Gasteiger partial charge in [-0.25, -0.2) is 4.98 Å². The van der Waals surface area contributed by atoms with Gasteiger partial charge in [0.25, 0.3) is 5.91 Å². The van der Waals surface area contributed by atoms with Gasteiger partial charge in [0.1, 0.15) is 0 Å². The second-order valence-electron chi connectivity index (χ2n) is 6.11. The minimum atomic E-state index is -0.203. The maximum absolute atomic E-state index is 12.5. The van der Waals surface area contributed by atoms with E-state index in [9.17, 15) is 4.79 Å². The number of benzene rings is 1. The third-order valence-corrected chi connectivity index (χ3v) is 5.15. The highest BCUT2D eigenvalue weighted by atomic mass is 32.1. The first kappa shape index (κ1) is 16.5. The topological polar surface area (TPSA) is 63.1 Å². The van der Waals surface area contributed by atoms with Crippen LogP contribution < -0.4 is 10.2 Å². The number of rotatable bonds is 4. The summed E-state index contributed by atoms with van der Waals surface area (Å²) < 4.78 is 1.77. The van der Waals surface area contributed by atoms with E-state index >= 15 is 0 Å². The predicted molar refractivity (Wildman–Crippen MR) is 105 cm³/mol. The van der Waals surface area contributed by atoms with Crippen molar-refractivity contribution in [2.75, 3.05) is 23.3 Å². The molecule has 3 heterocycles. The fourth-order valence-electron chi connectivity index (χ4n) is 3.06. The molecule has 0 unspecified atom stereocenters. The van der Waals surface area contributed by atoms with Crippen LogP contribution >= 0.6 is 11.3 Å². The van der Waals surface area contributed by atoms with Crippen molar-refractivity contribution in [1.29, 1.82) is 0 Å². The smallest absolute Gasteiger partial charge is 0.276 e. The highest BCUT2D eigenvalue weighted by molar-refractivity contribution is 7.13. The molecule has 4 rings (SSSR count). The first-order valence-corrected chi connectivity index (χ1v) is 9.33. The molecule has 1 aromatic carbocycles. The van der Waals surface area contributed by atoms with Gasteiger partial charge in [-0.2, -0.15) is 5.10 Å². The number of anilines is 2. The van der Waals surface area contributed by atoms with E-state index in [2.05, 4.69) is 26.4 Å². The van der Waals surface area contributed by atoms with Crippen molar-refractivity contribution in [3.63, 3.8) is 0 Å². The van der Waals surface area contributed by atoms with E-state index in [4.69, 9.17) is 0 Å². The molecule has 1 aliphatic heterocycles. The summed E-state index contributed by atoms with van der Waals surface area (Å²) in [6, 6.07) is 11.3. The van der Waals surface area contributed by atoms with Crippen LogP contribution in [0.1, 0.15) is 22.6 Å². The second-order valence-corrected chi connectivity index (χ2v) is 6.99. The quantitative estimate of drug-likeness (QED) is 0.769. The molecule has 132 valence electrons. The van der Waals surface area contributed by atoms with Gasteiger partial charge in [-0.3, -0.25) is 9.48 Å². The third-order valence-electron chi connectivity index (χ3n) is 4.31.